The lowest BCUT2D eigenvalue weighted by Crippen LogP contribution is -2.50. The van der Waals surface area contributed by atoms with Crippen LogP contribution in [0, 0.1) is 12.8 Å². The summed E-state index contributed by atoms with van der Waals surface area (Å²) >= 11 is 0. The van der Waals surface area contributed by atoms with Crippen molar-refractivity contribution in [3.8, 4) is 0 Å². The molecule has 2 atom stereocenters. The standard InChI is InChI=1S/C16H25N/c1-3-15-10-6-7-11-16(15,17)12-14-9-5-4-8-13(14)2/h4-5,8-9,15H,3,6-7,10-12,17H2,1-2H3. The van der Waals surface area contributed by atoms with Crippen molar-refractivity contribution in [1.29, 1.82) is 0 Å². The Hall–Kier alpha value is -0.820. The molecule has 17 heavy (non-hydrogen) atoms. The summed E-state index contributed by atoms with van der Waals surface area (Å²) in [6, 6.07) is 8.68. The summed E-state index contributed by atoms with van der Waals surface area (Å²) < 4.78 is 0. The summed E-state index contributed by atoms with van der Waals surface area (Å²) in [5, 5.41) is 0. The van der Waals surface area contributed by atoms with Crippen molar-refractivity contribution in [3.63, 3.8) is 0 Å². The second kappa shape index (κ2) is 5.22. The first-order valence-electron chi connectivity index (χ1n) is 6.99. The number of aryl methyl sites for hydroxylation is 1. The largest absolute Gasteiger partial charge is 0.325 e. The minimum atomic E-state index is 0.0408. The third kappa shape index (κ3) is 2.71. The van der Waals surface area contributed by atoms with E-state index in [1.54, 1.807) is 0 Å². The highest BCUT2D eigenvalue weighted by Crippen LogP contribution is 2.36. The first-order chi connectivity index (χ1) is 8.15. The molecule has 0 aromatic heterocycles. The molecule has 2 N–H and O–H groups in total. The number of benzene rings is 1. The normalized spacial score (nSPS) is 29.2. The Morgan fingerprint density at radius 3 is 2.76 bits per heavy atom. The van der Waals surface area contributed by atoms with Gasteiger partial charge in [-0.05, 0) is 43.2 Å². The number of rotatable bonds is 3. The van der Waals surface area contributed by atoms with Crippen molar-refractivity contribution in [1.82, 2.24) is 0 Å². The highest BCUT2D eigenvalue weighted by atomic mass is 14.8. The summed E-state index contributed by atoms with van der Waals surface area (Å²) in [6.07, 6.45) is 7.46. The lowest BCUT2D eigenvalue weighted by molar-refractivity contribution is 0.182. The van der Waals surface area contributed by atoms with Crippen molar-refractivity contribution in [2.24, 2.45) is 11.7 Å². The fraction of sp³-hybridized carbons (Fsp3) is 0.625. The maximum absolute atomic E-state index is 6.71. The third-order valence-corrected chi connectivity index (χ3v) is 4.53. The van der Waals surface area contributed by atoms with Gasteiger partial charge in [0.2, 0.25) is 0 Å². The molecule has 1 heteroatoms. The lowest BCUT2D eigenvalue weighted by atomic mass is 9.69. The fourth-order valence-corrected chi connectivity index (χ4v) is 3.34. The zero-order chi connectivity index (χ0) is 12.3. The van der Waals surface area contributed by atoms with E-state index in [1.165, 1.54) is 43.2 Å². The second-order valence-electron chi connectivity index (χ2n) is 5.69. The molecule has 0 radical (unpaired) electrons. The molecule has 1 aromatic rings. The van der Waals surface area contributed by atoms with Crippen LogP contribution < -0.4 is 5.73 Å². The van der Waals surface area contributed by atoms with Gasteiger partial charge in [-0.15, -0.1) is 0 Å². The van der Waals surface area contributed by atoms with Crippen LogP contribution in [0.5, 0.6) is 0 Å². The minimum Gasteiger partial charge on any atom is -0.325 e. The molecule has 0 amide bonds. The predicted molar refractivity (Wildman–Crippen MR) is 74.1 cm³/mol. The van der Waals surface area contributed by atoms with Crippen LogP contribution in [-0.4, -0.2) is 5.54 Å². The van der Waals surface area contributed by atoms with E-state index in [9.17, 15) is 0 Å². The molecular weight excluding hydrogens is 206 g/mol. The van der Waals surface area contributed by atoms with E-state index in [4.69, 9.17) is 5.73 Å². The highest BCUT2D eigenvalue weighted by Gasteiger charge is 2.36. The van der Waals surface area contributed by atoms with E-state index >= 15 is 0 Å². The third-order valence-electron chi connectivity index (χ3n) is 4.53. The predicted octanol–water partition coefficient (Wildman–Crippen LogP) is 3.84. The number of nitrogens with two attached hydrogens (primary N) is 1. The van der Waals surface area contributed by atoms with Gasteiger partial charge in [-0.1, -0.05) is 50.5 Å². The topological polar surface area (TPSA) is 26.0 Å². The molecule has 0 saturated heterocycles. The summed E-state index contributed by atoms with van der Waals surface area (Å²) in [5.41, 5.74) is 9.58. The molecule has 1 fully saturated rings. The molecule has 94 valence electrons. The van der Waals surface area contributed by atoms with Crippen LogP contribution >= 0.6 is 0 Å². The summed E-state index contributed by atoms with van der Waals surface area (Å²) in [6.45, 7) is 4.48. The maximum atomic E-state index is 6.71. The zero-order valence-corrected chi connectivity index (χ0v) is 11.2. The minimum absolute atomic E-state index is 0.0408. The highest BCUT2D eigenvalue weighted by molar-refractivity contribution is 5.28. The Balaban J connectivity index is 2.18. The molecule has 1 aromatic carbocycles. The van der Waals surface area contributed by atoms with Crippen LogP contribution in [0.15, 0.2) is 24.3 Å². The molecule has 1 nitrogen and oxygen atoms in total. The molecule has 1 aliphatic rings. The molecule has 0 heterocycles. The van der Waals surface area contributed by atoms with Gasteiger partial charge in [0.15, 0.2) is 0 Å². The van der Waals surface area contributed by atoms with Crippen molar-refractivity contribution in [2.75, 3.05) is 0 Å². The van der Waals surface area contributed by atoms with Crippen LogP contribution in [0.25, 0.3) is 0 Å². The smallest absolute Gasteiger partial charge is 0.0223 e. The Bertz CT molecular complexity index is 372. The monoisotopic (exact) mass is 231 g/mol. The molecular formula is C16H25N. The molecule has 1 saturated carbocycles. The second-order valence-corrected chi connectivity index (χ2v) is 5.69. The summed E-state index contributed by atoms with van der Waals surface area (Å²) in [7, 11) is 0. The maximum Gasteiger partial charge on any atom is 0.0223 e. The van der Waals surface area contributed by atoms with E-state index in [2.05, 4.69) is 38.1 Å². The molecule has 2 rings (SSSR count). The summed E-state index contributed by atoms with van der Waals surface area (Å²) in [4.78, 5) is 0. The van der Waals surface area contributed by atoms with Crippen LogP contribution in [0.1, 0.15) is 50.2 Å². The lowest BCUT2D eigenvalue weighted by Gasteiger charge is -2.41. The van der Waals surface area contributed by atoms with Crippen molar-refractivity contribution < 1.29 is 0 Å². The van der Waals surface area contributed by atoms with E-state index < -0.39 is 0 Å². The van der Waals surface area contributed by atoms with Crippen molar-refractivity contribution in [3.05, 3.63) is 35.4 Å². The fourth-order valence-electron chi connectivity index (χ4n) is 3.34. The van der Waals surface area contributed by atoms with Gasteiger partial charge in [-0.2, -0.15) is 0 Å². The van der Waals surface area contributed by atoms with Crippen LogP contribution in [0.4, 0.5) is 0 Å². The molecule has 0 spiro atoms. The van der Waals surface area contributed by atoms with Gasteiger partial charge in [-0.25, -0.2) is 0 Å². The van der Waals surface area contributed by atoms with E-state index in [1.807, 2.05) is 0 Å². The number of hydrogen-bond acceptors (Lipinski definition) is 1. The first-order valence-corrected chi connectivity index (χ1v) is 6.99. The Labute approximate surface area is 105 Å². The van der Waals surface area contributed by atoms with E-state index in [0.29, 0.717) is 5.92 Å². The molecule has 0 aliphatic heterocycles. The molecule has 0 bridgehead atoms. The van der Waals surface area contributed by atoms with Gasteiger partial charge in [0.05, 0.1) is 0 Å². The van der Waals surface area contributed by atoms with Crippen LogP contribution in [0.3, 0.4) is 0 Å². The van der Waals surface area contributed by atoms with E-state index in [-0.39, 0.29) is 5.54 Å². The van der Waals surface area contributed by atoms with Crippen LogP contribution in [0.2, 0.25) is 0 Å². The van der Waals surface area contributed by atoms with Gasteiger partial charge in [0.25, 0.3) is 0 Å². The first kappa shape index (κ1) is 12.6. The van der Waals surface area contributed by atoms with Gasteiger partial charge < -0.3 is 5.73 Å². The van der Waals surface area contributed by atoms with E-state index in [0.717, 1.165) is 6.42 Å². The van der Waals surface area contributed by atoms with Gasteiger partial charge in [0.1, 0.15) is 0 Å². The molecule has 2 unspecified atom stereocenters. The summed E-state index contributed by atoms with van der Waals surface area (Å²) in [5.74, 6) is 0.704. The quantitative estimate of drug-likeness (QED) is 0.840. The van der Waals surface area contributed by atoms with Crippen molar-refractivity contribution >= 4 is 0 Å². The average molecular weight is 231 g/mol. The van der Waals surface area contributed by atoms with Crippen molar-refractivity contribution in [2.45, 2.75) is 57.9 Å². The van der Waals surface area contributed by atoms with Gasteiger partial charge >= 0.3 is 0 Å². The number of hydrogen-bond donors (Lipinski definition) is 1. The average Bonchev–Trinajstić information content (AvgIpc) is 2.32. The Morgan fingerprint density at radius 1 is 1.29 bits per heavy atom. The van der Waals surface area contributed by atoms with Gasteiger partial charge in [0, 0.05) is 5.54 Å². The zero-order valence-electron chi connectivity index (χ0n) is 11.2. The van der Waals surface area contributed by atoms with Crippen LogP contribution in [-0.2, 0) is 6.42 Å². The van der Waals surface area contributed by atoms with Gasteiger partial charge in [-0.3, -0.25) is 0 Å². The Kier molecular flexibility index (Phi) is 3.88. The Morgan fingerprint density at radius 2 is 2.06 bits per heavy atom. The molecule has 1 aliphatic carbocycles. The SMILES string of the molecule is CCC1CCCCC1(N)Cc1ccccc1C.